The van der Waals surface area contributed by atoms with E-state index in [-0.39, 0.29) is 6.10 Å². The van der Waals surface area contributed by atoms with Crippen molar-refractivity contribution in [3.8, 4) is 0 Å². The molecule has 0 aliphatic heterocycles. The zero-order valence-corrected chi connectivity index (χ0v) is 11.0. The first-order valence-electron chi connectivity index (χ1n) is 6.32. The molecule has 0 aromatic carbocycles. The van der Waals surface area contributed by atoms with Gasteiger partial charge in [-0.05, 0) is 25.2 Å². The van der Waals surface area contributed by atoms with E-state index in [2.05, 4.69) is 11.9 Å². The topological polar surface area (TPSA) is 33.1 Å². The van der Waals surface area contributed by atoms with Crippen LogP contribution in [0.15, 0.2) is 5.38 Å². The van der Waals surface area contributed by atoms with Crippen LogP contribution >= 0.6 is 11.3 Å². The molecule has 3 unspecified atom stereocenters. The maximum Gasteiger partial charge on any atom is 0.0999 e. The van der Waals surface area contributed by atoms with Crippen molar-refractivity contribution in [1.82, 2.24) is 4.98 Å². The van der Waals surface area contributed by atoms with Gasteiger partial charge in [0.15, 0.2) is 0 Å². The zero-order chi connectivity index (χ0) is 11.5. The first-order chi connectivity index (χ1) is 7.72. The summed E-state index contributed by atoms with van der Waals surface area (Å²) in [6.07, 6.45) is 5.89. The summed E-state index contributed by atoms with van der Waals surface area (Å²) in [4.78, 5) is 4.42. The highest BCUT2D eigenvalue weighted by molar-refractivity contribution is 7.09. The van der Waals surface area contributed by atoms with Crippen molar-refractivity contribution in [2.24, 2.45) is 11.8 Å². The van der Waals surface area contributed by atoms with Crippen LogP contribution in [0.4, 0.5) is 0 Å². The summed E-state index contributed by atoms with van der Waals surface area (Å²) in [5.74, 6) is 1.12. The lowest BCUT2D eigenvalue weighted by Gasteiger charge is -2.33. The number of hydrogen-bond donors (Lipinski definition) is 1. The van der Waals surface area contributed by atoms with Gasteiger partial charge in [0.05, 0.1) is 16.8 Å². The molecule has 1 aromatic rings. The van der Waals surface area contributed by atoms with E-state index in [0.29, 0.717) is 11.8 Å². The van der Waals surface area contributed by atoms with E-state index in [9.17, 15) is 5.11 Å². The highest BCUT2D eigenvalue weighted by Crippen LogP contribution is 2.40. The highest BCUT2D eigenvalue weighted by atomic mass is 32.1. The molecule has 0 spiro atoms. The fourth-order valence-electron chi connectivity index (χ4n) is 2.89. The van der Waals surface area contributed by atoms with Gasteiger partial charge in [0.2, 0.25) is 0 Å². The van der Waals surface area contributed by atoms with Crippen LogP contribution < -0.4 is 0 Å². The van der Waals surface area contributed by atoms with Crippen molar-refractivity contribution in [2.75, 3.05) is 0 Å². The maximum atomic E-state index is 10.4. The lowest BCUT2D eigenvalue weighted by molar-refractivity contribution is 0.0425. The second-order valence-electron chi connectivity index (χ2n) is 4.85. The zero-order valence-electron chi connectivity index (χ0n) is 10.1. The summed E-state index contributed by atoms with van der Waals surface area (Å²) in [5.41, 5.74) is 0.896. The molecule has 2 nitrogen and oxygen atoms in total. The smallest absolute Gasteiger partial charge is 0.0999 e. The highest BCUT2D eigenvalue weighted by Gasteiger charge is 2.31. The van der Waals surface area contributed by atoms with Crippen LogP contribution in [-0.4, -0.2) is 10.1 Å². The van der Waals surface area contributed by atoms with E-state index in [0.717, 1.165) is 17.1 Å². The van der Waals surface area contributed by atoms with Crippen molar-refractivity contribution < 1.29 is 5.11 Å². The second kappa shape index (κ2) is 5.28. The molecule has 1 heterocycles. The van der Waals surface area contributed by atoms with E-state index in [4.69, 9.17) is 0 Å². The molecule has 3 heteroatoms. The Labute approximate surface area is 102 Å². The third-order valence-corrected chi connectivity index (χ3v) is 4.63. The molecule has 0 amide bonds. The Morgan fingerprint density at radius 1 is 1.50 bits per heavy atom. The average Bonchev–Trinajstić information content (AvgIpc) is 2.75. The molecule has 1 aliphatic carbocycles. The van der Waals surface area contributed by atoms with Crippen molar-refractivity contribution in [3.05, 3.63) is 16.1 Å². The predicted octanol–water partition coefficient (Wildman–Crippen LogP) is 3.70. The number of thiazole rings is 1. The molecule has 1 fully saturated rings. The van der Waals surface area contributed by atoms with Crippen molar-refractivity contribution in [3.63, 3.8) is 0 Å². The fourth-order valence-corrected chi connectivity index (χ4v) is 3.54. The number of aliphatic hydroxyl groups is 1. The third kappa shape index (κ3) is 2.46. The first-order valence-corrected chi connectivity index (χ1v) is 7.20. The van der Waals surface area contributed by atoms with E-state index < -0.39 is 0 Å². The Kier molecular flexibility index (Phi) is 3.98. The Bertz CT molecular complexity index is 336. The molecular formula is C13H21NOS. The summed E-state index contributed by atoms with van der Waals surface area (Å²) in [6.45, 7) is 4.24. The lowest BCUT2D eigenvalue weighted by atomic mass is 9.74. The molecular weight excluding hydrogens is 218 g/mol. The van der Waals surface area contributed by atoms with Crippen molar-refractivity contribution in [1.29, 1.82) is 0 Å². The van der Waals surface area contributed by atoms with Crippen molar-refractivity contribution in [2.45, 2.75) is 52.1 Å². The Morgan fingerprint density at radius 3 is 2.88 bits per heavy atom. The molecule has 16 heavy (non-hydrogen) atoms. The van der Waals surface area contributed by atoms with Crippen LogP contribution in [0.5, 0.6) is 0 Å². The molecule has 3 atom stereocenters. The van der Waals surface area contributed by atoms with Gasteiger partial charge < -0.3 is 5.11 Å². The predicted molar refractivity (Wildman–Crippen MR) is 67.5 cm³/mol. The van der Waals surface area contributed by atoms with Crippen LogP contribution in [0.1, 0.15) is 55.8 Å². The number of rotatable bonds is 3. The van der Waals surface area contributed by atoms with E-state index in [1.807, 2.05) is 12.3 Å². The molecule has 90 valence electrons. The van der Waals surface area contributed by atoms with Crippen molar-refractivity contribution >= 4 is 11.3 Å². The monoisotopic (exact) mass is 239 g/mol. The average molecular weight is 239 g/mol. The summed E-state index contributed by atoms with van der Waals surface area (Å²) in [6, 6.07) is 0. The quantitative estimate of drug-likeness (QED) is 0.872. The van der Waals surface area contributed by atoms with Crippen LogP contribution in [0.3, 0.4) is 0 Å². The molecule has 0 radical (unpaired) electrons. The van der Waals surface area contributed by atoms with Gasteiger partial charge in [-0.3, -0.25) is 0 Å². The number of aliphatic hydroxyl groups excluding tert-OH is 1. The minimum absolute atomic E-state index is 0.338. The van der Waals surface area contributed by atoms with Crippen LogP contribution in [0.25, 0.3) is 0 Å². The number of aryl methyl sites for hydroxylation is 1. The molecule has 2 rings (SSSR count). The Morgan fingerprint density at radius 2 is 2.25 bits per heavy atom. The standard InChI is InChI=1S/C13H21NOS/c1-3-10-6-4-5-7-11(10)13(15)12-8-16-9(2)14-12/h8,10-11,13,15H,3-7H2,1-2H3. The van der Waals surface area contributed by atoms with E-state index >= 15 is 0 Å². The third-order valence-electron chi connectivity index (χ3n) is 3.84. The Hall–Kier alpha value is -0.410. The fraction of sp³-hybridized carbons (Fsp3) is 0.769. The lowest BCUT2D eigenvalue weighted by Crippen LogP contribution is -2.25. The summed E-state index contributed by atoms with van der Waals surface area (Å²) in [7, 11) is 0. The van der Waals surface area contributed by atoms with Crippen LogP contribution in [0.2, 0.25) is 0 Å². The summed E-state index contributed by atoms with van der Waals surface area (Å²) in [5, 5.41) is 13.5. The minimum atomic E-state index is -0.338. The molecule has 1 saturated carbocycles. The van der Waals surface area contributed by atoms with Gasteiger partial charge in [0.1, 0.15) is 0 Å². The molecule has 1 aromatic heterocycles. The number of hydrogen-bond acceptors (Lipinski definition) is 3. The van der Waals surface area contributed by atoms with Gasteiger partial charge in [-0.1, -0.05) is 32.6 Å². The van der Waals surface area contributed by atoms with Gasteiger partial charge in [0, 0.05) is 5.38 Å². The Balaban J connectivity index is 2.10. The van der Waals surface area contributed by atoms with E-state index in [1.165, 1.54) is 25.7 Å². The SMILES string of the molecule is CCC1CCCCC1C(O)c1csc(C)n1. The maximum absolute atomic E-state index is 10.4. The van der Waals surface area contributed by atoms with Gasteiger partial charge in [-0.15, -0.1) is 11.3 Å². The van der Waals surface area contributed by atoms with E-state index in [1.54, 1.807) is 11.3 Å². The number of aromatic nitrogens is 1. The summed E-state index contributed by atoms with van der Waals surface area (Å²) >= 11 is 1.63. The normalized spacial score (nSPS) is 27.9. The van der Waals surface area contributed by atoms with Crippen LogP contribution in [0, 0.1) is 18.8 Å². The molecule has 1 aliphatic rings. The van der Waals surface area contributed by atoms with Gasteiger partial charge in [-0.2, -0.15) is 0 Å². The molecule has 0 bridgehead atoms. The summed E-state index contributed by atoms with van der Waals surface area (Å²) < 4.78 is 0. The minimum Gasteiger partial charge on any atom is -0.386 e. The van der Waals surface area contributed by atoms with Gasteiger partial charge >= 0.3 is 0 Å². The molecule has 1 N–H and O–H groups in total. The largest absolute Gasteiger partial charge is 0.386 e. The second-order valence-corrected chi connectivity index (χ2v) is 5.92. The first kappa shape index (κ1) is 12.1. The van der Waals surface area contributed by atoms with Gasteiger partial charge in [0.25, 0.3) is 0 Å². The van der Waals surface area contributed by atoms with Gasteiger partial charge in [-0.25, -0.2) is 4.98 Å². The molecule has 0 saturated heterocycles. The number of nitrogens with zero attached hydrogens (tertiary/aromatic N) is 1. The van der Waals surface area contributed by atoms with Crippen LogP contribution in [-0.2, 0) is 0 Å².